The normalized spacial score (nSPS) is 11.1. The molecule has 1 aromatic heterocycles. The predicted octanol–water partition coefficient (Wildman–Crippen LogP) is 3.43. The second-order valence-electron chi connectivity index (χ2n) is 5.73. The quantitative estimate of drug-likeness (QED) is 0.460. The standard InChI is InChI=1S/C19H17N3O4S/c23-22(24)18-9-11-19(12-10-18)27(25,26)21(17-7-2-1-3-8-17)15-13-16-6-4-5-14-20-16/h1-12,14H,13,15H2. The highest BCUT2D eigenvalue weighted by molar-refractivity contribution is 7.92. The minimum absolute atomic E-state index is 0.00188. The molecule has 3 rings (SSSR count). The van der Waals surface area contributed by atoms with E-state index in [1.165, 1.54) is 28.6 Å². The fraction of sp³-hybridized carbons (Fsp3) is 0.105. The molecular formula is C19H17N3O4S. The molecule has 0 N–H and O–H groups in total. The number of rotatable bonds is 7. The van der Waals surface area contributed by atoms with E-state index in [0.29, 0.717) is 12.1 Å². The third-order valence-electron chi connectivity index (χ3n) is 3.98. The van der Waals surface area contributed by atoms with Crippen LogP contribution in [0.5, 0.6) is 0 Å². The molecule has 0 atom stereocenters. The van der Waals surface area contributed by atoms with Gasteiger partial charge >= 0.3 is 0 Å². The summed E-state index contributed by atoms with van der Waals surface area (Å²) in [4.78, 5) is 14.5. The van der Waals surface area contributed by atoms with Crippen LogP contribution in [0.3, 0.4) is 0 Å². The lowest BCUT2D eigenvalue weighted by molar-refractivity contribution is -0.384. The topological polar surface area (TPSA) is 93.4 Å². The van der Waals surface area contributed by atoms with Crippen molar-refractivity contribution in [3.05, 3.63) is 94.8 Å². The first-order valence-electron chi connectivity index (χ1n) is 8.20. The Labute approximate surface area is 157 Å². The molecule has 138 valence electrons. The minimum atomic E-state index is -3.88. The maximum Gasteiger partial charge on any atom is 0.269 e. The Morgan fingerprint density at radius 2 is 1.59 bits per heavy atom. The van der Waals surface area contributed by atoms with Gasteiger partial charge in [0.15, 0.2) is 0 Å². The molecule has 1 heterocycles. The molecule has 0 saturated heterocycles. The van der Waals surface area contributed by atoms with E-state index >= 15 is 0 Å². The van der Waals surface area contributed by atoms with Gasteiger partial charge in [-0.2, -0.15) is 0 Å². The van der Waals surface area contributed by atoms with Gasteiger partial charge in [-0.1, -0.05) is 24.3 Å². The number of hydrogen-bond acceptors (Lipinski definition) is 5. The number of non-ortho nitro benzene ring substituents is 1. The molecule has 0 aliphatic carbocycles. The Kier molecular flexibility index (Phi) is 5.46. The molecule has 7 nitrogen and oxygen atoms in total. The number of pyridine rings is 1. The van der Waals surface area contributed by atoms with E-state index in [9.17, 15) is 18.5 Å². The molecule has 0 saturated carbocycles. The summed E-state index contributed by atoms with van der Waals surface area (Å²) < 4.78 is 27.6. The van der Waals surface area contributed by atoms with Gasteiger partial charge in [0.2, 0.25) is 0 Å². The van der Waals surface area contributed by atoms with Gasteiger partial charge in [0, 0.05) is 37.0 Å². The second kappa shape index (κ2) is 7.96. The van der Waals surface area contributed by atoms with Crippen LogP contribution in [0, 0.1) is 10.1 Å². The molecule has 3 aromatic rings. The van der Waals surface area contributed by atoms with Crippen molar-refractivity contribution in [2.24, 2.45) is 0 Å². The highest BCUT2D eigenvalue weighted by Gasteiger charge is 2.25. The lowest BCUT2D eigenvalue weighted by atomic mass is 10.2. The van der Waals surface area contributed by atoms with E-state index in [2.05, 4.69) is 4.98 Å². The highest BCUT2D eigenvalue weighted by Crippen LogP contribution is 2.25. The number of nitro groups is 1. The van der Waals surface area contributed by atoms with Gasteiger partial charge in [-0.25, -0.2) is 8.42 Å². The van der Waals surface area contributed by atoms with E-state index in [1.54, 1.807) is 42.6 Å². The Hall–Kier alpha value is -3.26. The smallest absolute Gasteiger partial charge is 0.266 e. The summed E-state index contributed by atoms with van der Waals surface area (Å²) in [6.45, 7) is 0.195. The number of anilines is 1. The molecule has 0 amide bonds. The minimum Gasteiger partial charge on any atom is -0.266 e. The van der Waals surface area contributed by atoms with Gasteiger partial charge < -0.3 is 0 Å². The summed E-state index contributed by atoms with van der Waals surface area (Å²) in [6.07, 6.45) is 2.09. The van der Waals surface area contributed by atoms with Crippen molar-refractivity contribution in [2.75, 3.05) is 10.8 Å². The van der Waals surface area contributed by atoms with Gasteiger partial charge in [-0.05, 0) is 36.4 Å². The largest absolute Gasteiger partial charge is 0.269 e. The summed E-state index contributed by atoms with van der Waals surface area (Å²) in [5, 5.41) is 10.8. The van der Waals surface area contributed by atoms with Crippen LogP contribution >= 0.6 is 0 Å². The van der Waals surface area contributed by atoms with Crippen LogP contribution in [-0.2, 0) is 16.4 Å². The van der Waals surface area contributed by atoms with Crippen molar-refractivity contribution in [1.82, 2.24) is 4.98 Å². The van der Waals surface area contributed by atoms with E-state index in [0.717, 1.165) is 5.69 Å². The van der Waals surface area contributed by atoms with Crippen molar-refractivity contribution in [2.45, 2.75) is 11.3 Å². The first kappa shape index (κ1) is 18.5. The number of hydrogen-bond donors (Lipinski definition) is 0. The number of nitrogens with zero attached hydrogens (tertiary/aromatic N) is 3. The molecule has 0 fully saturated rings. The number of nitro benzene ring substituents is 1. The molecule has 0 bridgehead atoms. The molecule has 2 aromatic carbocycles. The fourth-order valence-corrected chi connectivity index (χ4v) is 4.08. The summed E-state index contributed by atoms with van der Waals surface area (Å²) in [5.74, 6) is 0. The third-order valence-corrected chi connectivity index (χ3v) is 5.82. The van der Waals surface area contributed by atoms with Gasteiger partial charge in [-0.15, -0.1) is 0 Å². The van der Waals surface area contributed by atoms with Gasteiger partial charge in [-0.3, -0.25) is 19.4 Å². The average molecular weight is 383 g/mol. The van der Waals surface area contributed by atoms with Crippen molar-refractivity contribution in [3.8, 4) is 0 Å². The third kappa shape index (κ3) is 4.29. The summed E-state index contributed by atoms with van der Waals surface area (Å²) >= 11 is 0. The molecule has 0 spiro atoms. The molecule has 0 aliphatic rings. The lowest BCUT2D eigenvalue weighted by Gasteiger charge is -2.24. The SMILES string of the molecule is O=[N+]([O-])c1ccc(S(=O)(=O)N(CCc2ccccn2)c2ccccc2)cc1. The van der Waals surface area contributed by atoms with Crippen molar-refractivity contribution >= 4 is 21.4 Å². The molecule has 0 unspecified atom stereocenters. The zero-order chi connectivity index (χ0) is 19.3. The average Bonchev–Trinajstić information content (AvgIpc) is 2.69. The van der Waals surface area contributed by atoms with Crippen molar-refractivity contribution in [1.29, 1.82) is 0 Å². The van der Waals surface area contributed by atoms with Crippen LogP contribution in [0.15, 0.2) is 83.9 Å². The highest BCUT2D eigenvalue weighted by atomic mass is 32.2. The Balaban J connectivity index is 1.94. The van der Waals surface area contributed by atoms with Crippen LogP contribution in [0.2, 0.25) is 0 Å². The van der Waals surface area contributed by atoms with E-state index < -0.39 is 14.9 Å². The van der Waals surface area contributed by atoms with Crippen molar-refractivity contribution < 1.29 is 13.3 Å². The number of aromatic nitrogens is 1. The molecule has 8 heteroatoms. The van der Waals surface area contributed by atoms with Crippen LogP contribution in [0.4, 0.5) is 11.4 Å². The summed E-state index contributed by atoms with van der Waals surface area (Å²) in [7, 11) is -3.88. The van der Waals surface area contributed by atoms with Crippen molar-refractivity contribution in [3.63, 3.8) is 0 Å². The first-order chi connectivity index (χ1) is 13.0. The van der Waals surface area contributed by atoms with Crippen LogP contribution in [0.1, 0.15) is 5.69 Å². The van der Waals surface area contributed by atoms with E-state index in [4.69, 9.17) is 0 Å². The molecule has 27 heavy (non-hydrogen) atoms. The number of para-hydroxylation sites is 1. The Morgan fingerprint density at radius 1 is 0.926 bits per heavy atom. The Bertz CT molecular complexity index is 1010. The van der Waals surface area contributed by atoms with Gasteiger partial charge in [0.05, 0.1) is 15.5 Å². The zero-order valence-electron chi connectivity index (χ0n) is 14.3. The maximum absolute atomic E-state index is 13.2. The van der Waals surface area contributed by atoms with E-state index in [-0.39, 0.29) is 17.1 Å². The van der Waals surface area contributed by atoms with Gasteiger partial charge in [0.25, 0.3) is 15.7 Å². The predicted molar refractivity (Wildman–Crippen MR) is 102 cm³/mol. The first-order valence-corrected chi connectivity index (χ1v) is 9.64. The van der Waals surface area contributed by atoms with Crippen LogP contribution in [-0.4, -0.2) is 24.9 Å². The number of benzene rings is 2. The summed E-state index contributed by atoms with van der Waals surface area (Å²) in [5.41, 5.74) is 1.14. The van der Waals surface area contributed by atoms with Gasteiger partial charge in [0.1, 0.15) is 0 Å². The Morgan fingerprint density at radius 3 is 2.19 bits per heavy atom. The fourth-order valence-electron chi connectivity index (χ4n) is 2.61. The zero-order valence-corrected chi connectivity index (χ0v) is 15.1. The lowest BCUT2D eigenvalue weighted by Crippen LogP contribution is -2.33. The van der Waals surface area contributed by atoms with Crippen LogP contribution < -0.4 is 4.31 Å². The number of sulfonamides is 1. The monoisotopic (exact) mass is 383 g/mol. The van der Waals surface area contributed by atoms with Crippen LogP contribution in [0.25, 0.3) is 0 Å². The molecule has 0 aliphatic heterocycles. The molecular weight excluding hydrogens is 366 g/mol. The van der Waals surface area contributed by atoms with E-state index in [1.807, 2.05) is 12.1 Å². The molecule has 0 radical (unpaired) electrons. The summed E-state index contributed by atoms with van der Waals surface area (Å²) in [6, 6.07) is 19.1. The maximum atomic E-state index is 13.2. The second-order valence-corrected chi connectivity index (χ2v) is 7.60.